The Morgan fingerprint density at radius 2 is 1.73 bits per heavy atom. The summed E-state index contributed by atoms with van der Waals surface area (Å²) >= 11 is 0. The molecule has 1 fully saturated rings. The lowest BCUT2D eigenvalue weighted by atomic mass is 9.85. The second kappa shape index (κ2) is 9.67. The normalized spacial score (nSPS) is 18.1. The maximum atomic E-state index is 13.2. The van der Waals surface area contributed by atoms with E-state index in [0.29, 0.717) is 29.9 Å². The van der Waals surface area contributed by atoms with Gasteiger partial charge < -0.3 is 24.6 Å². The monoisotopic (exact) mass is 453 g/mol. The first-order valence-corrected chi connectivity index (χ1v) is 10.8. The number of carbonyl (C=O) groups is 2. The van der Waals surface area contributed by atoms with E-state index in [2.05, 4.69) is 0 Å². The van der Waals surface area contributed by atoms with Crippen molar-refractivity contribution in [1.29, 1.82) is 0 Å². The lowest BCUT2D eigenvalue weighted by Crippen LogP contribution is -2.31. The third-order valence-corrected chi connectivity index (χ3v) is 5.82. The van der Waals surface area contributed by atoms with Gasteiger partial charge in [-0.15, -0.1) is 0 Å². The minimum absolute atomic E-state index is 0.00698. The molecule has 2 aromatic rings. The van der Waals surface area contributed by atoms with Gasteiger partial charge in [-0.1, -0.05) is 39.0 Å². The summed E-state index contributed by atoms with van der Waals surface area (Å²) in [6, 6.07) is 10.9. The van der Waals surface area contributed by atoms with E-state index in [-0.39, 0.29) is 29.0 Å². The average Bonchev–Trinajstić information content (AvgIpc) is 3.03. The molecule has 0 spiro atoms. The molecule has 33 heavy (non-hydrogen) atoms. The van der Waals surface area contributed by atoms with Gasteiger partial charge in [-0.3, -0.25) is 9.59 Å². The van der Waals surface area contributed by atoms with Crippen LogP contribution < -0.4 is 4.74 Å². The highest BCUT2D eigenvalue weighted by atomic mass is 16.5. The summed E-state index contributed by atoms with van der Waals surface area (Å²) in [5.41, 5.74) is 1.69. The van der Waals surface area contributed by atoms with Gasteiger partial charge in [-0.05, 0) is 47.2 Å². The van der Waals surface area contributed by atoms with Crippen LogP contribution >= 0.6 is 0 Å². The molecule has 0 aromatic heterocycles. The SMILES string of the molecule is COCCCN1C(=O)C(=O)/C(=C(/O)c2cc(C(C)(C)C)ccc2OC)C1c1ccc(O)cc1. The standard InChI is InChI=1S/C26H31NO6/c1-26(2,3)17-9-12-20(33-5)19(15-17)23(29)21-22(16-7-10-18(28)11-8-16)27(13-6-14-32-4)25(31)24(21)30/h7-12,15,22,28-29H,6,13-14H2,1-5H3/b23-21+. The third kappa shape index (κ3) is 4.88. The Morgan fingerprint density at radius 1 is 1.06 bits per heavy atom. The molecule has 1 unspecified atom stereocenters. The Morgan fingerprint density at radius 3 is 2.30 bits per heavy atom. The predicted molar refractivity (Wildman–Crippen MR) is 125 cm³/mol. The van der Waals surface area contributed by atoms with E-state index >= 15 is 0 Å². The zero-order chi connectivity index (χ0) is 24.3. The highest BCUT2D eigenvalue weighted by Gasteiger charge is 2.46. The third-order valence-electron chi connectivity index (χ3n) is 5.82. The fourth-order valence-corrected chi connectivity index (χ4v) is 4.00. The molecule has 176 valence electrons. The number of hydrogen-bond acceptors (Lipinski definition) is 6. The number of methoxy groups -OCH3 is 2. The molecule has 7 nitrogen and oxygen atoms in total. The molecule has 1 aliphatic rings. The molecular formula is C26H31NO6. The van der Waals surface area contributed by atoms with E-state index in [1.165, 1.54) is 24.1 Å². The van der Waals surface area contributed by atoms with E-state index in [1.54, 1.807) is 31.4 Å². The molecule has 2 N–H and O–H groups in total. The van der Waals surface area contributed by atoms with Crippen LogP contribution in [0.2, 0.25) is 0 Å². The van der Waals surface area contributed by atoms with Gasteiger partial charge >= 0.3 is 0 Å². The van der Waals surface area contributed by atoms with Crippen LogP contribution in [0.3, 0.4) is 0 Å². The molecule has 1 aliphatic heterocycles. The maximum absolute atomic E-state index is 13.2. The number of ketones is 1. The van der Waals surface area contributed by atoms with Crippen molar-refractivity contribution in [2.24, 2.45) is 0 Å². The zero-order valence-electron chi connectivity index (χ0n) is 19.7. The van der Waals surface area contributed by atoms with Gasteiger partial charge in [-0.25, -0.2) is 0 Å². The topological polar surface area (TPSA) is 96.3 Å². The number of phenolic OH excluding ortho intramolecular Hbond substituents is 1. The van der Waals surface area contributed by atoms with Crippen molar-refractivity contribution < 1.29 is 29.3 Å². The van der Waals surface area contributed by atoms with Crippen LogP contribution in [0.25, 0.3) is 5.76 Å². The second-order valence-electron chi connectivity index (χ2n) is 9.10. The summed E-state index contributed by atoms with van der Waals surface area (Å²) in [5.74, 6) is -1.27. The average molecular weight is 454 g/mol. The van der Waals surface area contributed by atoms with Crippen molar-refractivity contribution in [3.63, 3.8) is 0 Å². The van der Waals surface area contributed by atoms with E-state index in [1.807, 2.05) is 26.8 Å². The van der Waals surface area contributed by atoms with E-state index in [0.717, 1.165) is 5.56 Å². The number of carbonyl (C=O) groups excluding carboxylic acids is 2. The summed E-state index contributed by atoms with van der Waals surface area (Å²) in [6.45, 7) is 6.84. The maximum Gasteiger partial charge on any atom is 0.295 e. The van der Waals surface area contributed by atoms with E-state index in [4.69, 9.17) is 9.47 Å². The fraction of sp³-hybridized carbons (Fsp3) is 0.385. The van der Waals surface area contributed by atoms with Crippen molar-refractivity contribution in [3.05, 3.63) is 64.7 Å². The number of ether oxygens (including phenoxy) is 2. The summed E-state index contributed by atoms with van der Waals surface area (Å²) < 4.78 is 10.6. The quantitative estimate of drug-likeness (QED) is 0.283. The first-order valence-electron chi connectivity index (χ1n) is 10.8. The Hall–Kier alpha value is -3.32. The molecule has 1 saturated heterocycles. The first kappa shape index (κ1) is 24.3. The molecule has 0 bridgehead atoms. The zero-order valence-corrected chi connectivity index (χ0v) is 19.7. The number of aliphatic hydroxyl groups is 1. The molecule has 0 radical (unpaired) electrons. The molecular weight excluding hydrogens is 422 g/mol. The number of amides is 1. The molecule has 1 heterocycles. The highest BCUT2D eigenvalue weighted by molar-refractivity contribution is 6.46. The summed E-state index contributed by atoms with van der Waals surface area (Å²) in [4.78, 5) is 27.6. The lowest BCUT2D eigenvalue weighted by molar-refractivity contribution is -0.140. The van der Waals surface area contributed by atoms with Crippen molar-refractivity contribution in [2.45, 2.75) is 38.6 Å². The Labute approximate surface area is 194 Å². The van der Waals surface area contributed by atoms with Crippen LogP contribution in [0.5, 0.6) is 11.5 Å². The van der Waals surface area contributed by atoms with Gasteiger partial charge in [0.2, 0.25) is 0 Å². The van der Waals surface area contributed by atoms with Gasteiger partial charge in [0.05, 0.1) is 24.3 Å². The molecule has 0 aliphatic carbocycles. The minimum Gasteiger partial charge on any atom is -0.508 e. The Kier molecular flexibility index (Phi) is 7.12. The number of aliphatic hydroxyl groups excluding tert-OH is 1. The van der Waals surface area contributed by atoms with Crippen LogP contribution in [0, 0.1) is 0 Å². The summed E-state index contributed by atoms with van der Waals surface area (Å²) in [5, 5.41) is 21.1. The highest BCUT2D eigenvalue weighted by Crippen LogP contribution is 2.42. The summed E-state index contributed by atoms with van der Waals surface area (Å²) in [6.07, 6.45) is 0.529. The molecule has 2 aromatic carbocycles. The van der Waals surface area contributed by atoms with Gasteiger partial charge in [0.15, 0.2) is 0 Å². The first-order chi connectivity index (χ1) is 15.6. The van der Waals surface area contributed by atoms with Gasteiger partial charge in [0, 0.05) is 20.3 Å². The van der Waals surface area contributed by atoms with Crippen molar-refractivity contribution >= 4 is 17.4 Å². The number of likely N-dealkylation sites (tertiary alicyclic amines) is 1. The van der Waals surface area contributed by atoms with Crippen LogP contribution in [0.1, 0.15) is 49.9 Å². The largest absolute Gasteiger partial charge is 0.508 e. The smallest absolute Gasteiger partial charge is 0.295 e. The number of Topliss-reactive ketones (excluding diaryl/α,β-unsaturated/α-hetero) is 1. The van der Waals surface area contributed by atoms with Crippen LogP contribution in [-0.2, 0) is 19.7 Å². The van der Waals surface area contributed by atoms with Crippen LogP contribution in [-0.4, -0.2) is 54.2 Å². The Balaban J connectivity index is 2.21. The molecule has 1 atom stereocenters. The molecule has 3 rings (SSSR count). The van der Waals surface area contributed by atoms with Gasteiger partial charge in [-0.2, -0.15) is 0 Å². The van der Waals surface area contributed by atoms with Crippen molar-refractivity contribution in [2.75, 3.05) is 27.4 Å². The summed E-state index contributed by atoms with van der Waals surface area (Å²) in [7, 11) is 3.06. The molecule has 1 amide bonds. The minimum atomic E-state index is -0.801. The van der Waals surface area contributed by atoms with Crippen molar-refractivity contribution in [3.8, 4) is 11.5 Å². The molecule has 7 heteroatoms. The number of aromatic hydroxyl groups is 1. The van der Waals surface area contributed by atoms with Crippen LogP contribution in [0.15, 0.2) is 48.0 Å². The second-order valence-corrected chi connectivity index (χ2v) is 9.10. The van der Waals surface area contributed by atoms with Gasteiger partial charge in [0.25, 0.3) is 11.7 Å². The number of rotatable bonds is 7. The lowest BCUT2D eigenvalue weighted by Gasteiger charge is -2.26. The number of benzene rings is 2. The number of nitrogens with zero attached hydrogens (tertiary/aromatic N) is 1. The fourth-order valence-electron chi connectivity index (χ4n) is 4.00. The number of hydrogen-bond donors (Lipinski definition) is 2. The van der Waals surface area contributed by atoms with Gasteiger partial charge in [0.1, 0.15) is 17.3 Å². The number of phenols is 1. The van der Waals surface area contributed by atoms with E-state index in [9.17, 15) is 19.8 Å². The molecule has 0 saturated carbocycles. The van der Waals surface area contributed by atoms with Crippen LogP contribution in [0.4, 0.5) is 0 Å². The Bertz CT molecular complexity index is 1070. The predicted octanol–water partition coefficient (Wildman–Crippen LogP) is 4.16. The van der Waals surface area contributed by atoms with Crippen molar-refractivity contribution in [1.82, 2.24) is 4.90 Å². The van der Waals surface area contributed by atoms with E-state index < -0.39 is 17.7 Å².